The molecule has 0 aliphatic carbocycles. The van der Waals surface area contributed by atoms with Crippen LogP contribution in [0.1, 0.15) is 23.4 Å². The van der Waals surface area contributed by atoms with Crippen molar-refractivity contribution in [3.8, 4) is 0 Å². The van der Waals surface area contributed by atoms with Crippen molar-refractivity contribution < 1.29 is 19.8 Å². The predicted molar refractivity (Wildman–Crippen MR) is 65.8 cm³/mol. The summed E-state index contributed by atoms with van der Waals surface area (Å²) in [5, 5.41) is 17.2. The molecule has 1 heterocycles. The summed E-state index contributed by atoms with van der Waals surface area (Å²) < 4.78 is 0.809. The quantitative estimate of drug-likeness (QED) is 0.585. The summed E-state index contributed by atoms with van der Waals surface area (Å²) in [5.41, 5.74) is 0.748. The maximum atomic E-state index is 10.6. The molecule has 0 saturated carbocycles. The fourth-order valence-corrected chi connectivity index (χ4v) is 3.38. The van der Waals surface area contributed by atoms with Crippen LogP contribution in [0.15, 0.2) is 4.34 Å². The molecule has 1 rings (SSSR count). The number of hydrogen-bond acceptors (Lipinski definition) is 5. The minimum Gasteiger partial charge on any atom is -0.481 e. The van der Waals surface area contributed by atoms with Crippen LogP contribution in [-0.2, 0) is 16.0 Å². The Bertz CT molecular complexity index is 416. The van der Waals surface area contributed by atoms with Crippen molar-refractivity contribution >= 4 is 35.0 Å². The third kappa shape index (κ3) is 5.18. The zero-order valence-corrected chi connectivity index (χ0v) is 10.9. The minimum absolute atomic E-state index is 0.000808. The lowest BCUT2D eigenvalue weighted by Crippen LogP contribution is -1.99. The molecule has 7 heteroatoms. The normalized spacial score (nSPS) is 10.4. The molecule has 17 heavy (non-hydrogen) atoms. The predicted octanol–water partition coefficient (Wildman–Crippen LogP) is 2.04. The van der Waals surface area contributed by atoms with Crippen molar-refractivity contribution in [3.05, 3.63) is 10.6 Å². The number of nitrogens with zero attached hydrogens (tertiary/aromatic N) is 1. The third-order valence-corrected chi connectivity index (χ3v) is 4.33. The number of aryl methyl sites for hydroxylation is 1. The van der Waals surface area contributed by atoms with E-state index in [1.807, 2.05) is 0 Å². The molecule has 0 radical (unpaired) electrons. The Hall–Kier alpha value is -1.08. The SMILES string of the molecule is Cc1nc(SCCCC(=O)O)sc1CC(=O)O. The lowest BCUT2D eigenvalue weighted by atomic mass is 10.3. The summed E-state index contributed by atoms with van der Waals surface area (Å²) in [6, 6.07) is 0. The molecule has 2 N–H and O–H groups in total. The molecule has 0 atom stereocenters. The van der Waals surface area contributed by atoms with Gasteiger partial charge in [0.15, 0.2) is 0 Å². The van der Waals surface area contributed by atoms with Crippen LogP contribution in [0, 0.1) is 6.92 Å². The van der Waals surface area contributed by atoms with E-state index in [0.29, 0.717) is 12.2 Å². The largest absolute Gasteiger partial charge is 0.481 e. The summed E-state index contributed by atoms with van der Waals surface area (Å²) in [6.07, 6.45) is 0.741. The number of thioether (sulfide) groups is 1. The molecule has 0 aliphatic heterocycles. The van der Waals surface area contributed by atoms with Crippen LogP contribution in [0.25, 0.3) is 0 Å². The molecule has 0 amide bonds. The van der Waals surface area contributed by atoms with Crippen LogP contribution in [-0.4, -0.2) is 32.9 Å². The Kier molecular flexibility index (Phi) is 5.43. The van der Waals surface area contributed by atoms with Gasteiger partial charge < -0.3 is 10.2 Å². The number of rotatable bonds is 7. The van der Waals surface area contributed by atoms with Gasteiger partial charge in [-0.3, -0.25) is 9.59 Å². The smallest absolute Gasteiger partial charge is 0.308 e. The molecular weight excluding hydrogens is 262 g/mol. The minimum atomic E-state index is -0.862. The van der Waals surface area contributed by atoms with Gasteiger partial charge in [0.2, 0.25) is 0 Å². The number of thiazole rings is 1. The second kappa shape index (κ2) is 6.61. The fraction of sp³-hybridized carbons (Fsp3) is 0.500. The Morgan fingerprint density at radius 1 is 1.35 bits per heavy atom. The molecule has 0 bridgehead atoms. The monoisotopic (exact) mass is 275 g/mol. The molecule has 0 unspecified atom stereocenters. The molecule has 1 aromatic heterocycles. The van der Waals surface area contributed by atoms with E-state index in [9.17, 15) is 9.59 Å². The van der Waals surface area contributed by atoms with Gasteiger partial charge in [-0.05, 0) is 13.3 Å². The third-order valence-electron chi connectivity index (χ3n) is 1.95. The van der Waals surface area contributed by atoms with Crippen molar-refractivity contribution in [1.29, 1.82) is 0 Å². The highest BCUT2D eigenvalue weighted by atomic mass is 32.2. The first-order chi connectivity index (χ1) is 7.99. The molecule has 94 valence electrons. The summed E-state index contributed by atoms with van der Waals surface area (Å²) >= 11 is 2.85. The molecule has 0 aromatic carbocycles. The Morgan fingerprint density at radius 2 is 2.06 bits per heavy atom. The van der Waals surface area contributed by atoms with E-state index in [0.717, 1.165) is 14.9 Å². The van der Waals surface area contributed by atoms with Gasteiger partial charge in [0.1, 0.15) is 4.34 Å². The van der Waals surface area contributed by atoms with E-state index in [-0.39, 0.29) is 12.8 Å². The van der Waals surface area contributed by atoms with Crippen molar-refractivity contribution in [2.24, 2.45) is 0 Å². The van der Waals surface area contributed by atoms with Gasteiger partial charge in [0.25, 0.3) is 0 Å². The maximum absolute atomic E-state index is 10.6. The van der Waals surface area contributed by atoms with Gasteiger partial charge in [0, 0.05) is 17.1 Å². The van der Waals surface area contributed by atoms with E-state index in [1.54, 1.807) is 6.92 Å². The maximum Gasteiger partial charge on any atom is 0.308 e. The standard InChI is InChI=1S/C10H13NO4S2/c1-6-7(5-9(14)15)17-10(11-6)16-4-2-3-8(12)13/h2-5H2,1H3,(H,12,13)(H,14,15). The first-order valence-electron chi connectivity index (χ1n) is 5.01. The molecule has 0 spiro atoms. The molecule has 0 aliphatic rings. The Morgan fingerprint density at radius 3 is 2.65 bits per heavy atom. The first kappa shape index (κ1) is 14.0. The number of aliphatic carboxylic acids is 2. The zero-order chi connectivity index (χ0) is 12.8. The number of hydrogen-bond donors (Lipinski definition) is 2. The van der Waals surface area contributed by atoms with Gasteiger partial charge in [0.05, 0.1) is 12.1 Å². The highest BCUT2D eigenvalue weighted by molar-refractivity contribution is 8.01. The molecule has 0 saturated heterocycles. The van der Waals surface area contributed by atoms with Crippen LogP contribution < -0.4 is 0 Å². The topological polar surface area (TPSA) is 87.5 Å². The van der Waals surface area contributed by atoms with E-state index >= 15 is 0 Å². The average molecular weight is 275 g/mol. The summed E-state index contributed by atoms with van der Waals surface area (Å²) in [6.45, 7) is 1.79. The van der Waals surface area contributed by atoms with Crippen LogP contribution in [0.4, 0.5) is 0 Å². The highest BCUT2D eigenvalue weighted by Crippen LogP contribution is 2.28. The van der Waals surface area contributed by atoms with Crippen molar-refractivity contribution in [2.75, 3.05) is 5.75 Å². The molecule has 5 nitrogen and oxygen atoms in total. The van der Waals surface area contributed by atoms with Gasteiger partial charge in [-0.15, -0.1) is 11.3 Å². The van der Waals surface area contributed by atoms with Gasteiger partial charge >= 0.3 is 11.9 Å². The van der Waals surface area contributed by atoms with E-state index in [4.69, 9.17) is 10.2 Å². The van der Waals surface area contributed by atoms with Crippen LogP contribution in [0.5, 0.6) is 0 Å². The zero-order valence-electron chi connectivity index (χ0n) is 9.30. The average Bonchev–Trinajstić information content (AvgIpc) is 2.53. The van der Waals surface area contributed by atoms with E-state index in [2.05, 4.69) is 4.98 Å². The van der Waals surface area contributed by atoms with Crippen LogP contribution in [0.2, 0.25) is 0 Å². The second-order valence-corrected chi connectivity index (χ2v) is 5.83. The lowest BCUT2D eigenvalue weighted by Gasteiger charge is -1.94. The fourth-order valence-electron chi connectivity index (χ4n) is 1.15. The summed E-state index contributed by atoms with van der Waals surface area (Å²) in [5.74, 6) is -0.974. The number of carboxylic acids is 2. The molecule has 0 fully saturated rings. The van der Waals surface area contributed by atoms with Gasteiger partial charge in [-0.1, -0.05) is 11.8 Å². The highest BCUT2D eigenvalue weighted by Gasteiger charge is 2.11. The Balaban J connectivity index is 2.44. The molecule has 1 aromatic rings. The Labute approximate surface area is 107 Å². The summed E-state index contributed by atoms with van der Waals surface area (Å²) in [4.78, 5) is 25.9. The van der Waals surface area contributed by atoms with Crippen molar-refractivity contribution in [3.63, 3.8) is 0 Å². The first-order valence-corrected chi connectivity index (χ1v) is 6.82. The van der Waals surface area contributed by atoms with Gasteiger partial charge in [-0.25, -0.2) is 4.98 Å². The van der Waals surface area contributed by atoms with Crippen molar-refractivity contribution in [1.82, 2.24) is 4.98 Å². The second-order valence-electron chi connectivity index (χ2n) is 3.40. The van der Waals surface area contributed by atoms with Crippen LogP contribution >= 0.6 is 23.1 Å². The number of carboxylic acid groups (broad SMARTS) is 2. The van der Waals surface area contributed by atoms with Crippen molar-refractivity contribution in [2.45, 2.75) is 30.5 Å². The van der Waals surface area contributed by atoms with Crippen LogP contribution in [0.3, 0.4) is 0 Å². The number of carbonyl (C=O) groups is 2. The number of aromatic nitrogens is 1. The summed E-state index contributed by atoms with van der Waals surface area (Å²) in [7, 11) is 0. The van der Waals surface area contributed by atoms with Gasteiger partial charge in [-0.2, -0.15) is 0 Å². The molecular formula is C10H13NO4S2. The van der Waals surface area contributed by atoms with E-state index in [1.165, 1.54) is 23.1 Å². The van der Waals surface area contributed by atoms with E-state index < -0.39 is 11.9 Å². The lowest BCUT2D eigenvalue weighted by molar-refractivity contribution is -0.137.